The molecule has 0 spiro atoms. The average molecular weight is 858 g/mol. The molecule has 1 radical (unpaired) electrons. The van der Waals surface area contributed by atoms with Crippen molar-refractivity contribution in [3.05, 3.63) is 108 Å². The van der Waals surface area contributed by atoms with Gasteiger partial charge in [0.2, 0.25) is 5.71 Å². The zero-order chi connectivity index (χ0) is 34.5. The van der Waals surface area contributed by atoms with Crippen molar-refractivity contribution < 1.29 is 24.5 Å². The second kappa shape index (κ2) is 16.7. The minimum atomic E-state index is -1.35. The number of benzene rings is 2. The molecule has 1 saturated carbocycles. The second-order valence-corrected chi connectivity index (χ2v) is 20.1. The maximum absolute atomic E-state index is 6.20. The van der Waals surface area contributed by atoms with E-state index < -0.39 is 8.07 Å². The van der Waals surface area contributed by atoms with Gasteiger partial charge in [0.05, 0.1) is 13.7 Å². The van der Waals surface area contributed by atoms with E-state index in [1.807, 2.05) is 30.5 Å². The third-order valence-corrected chi connectivity index (χ3v) is 12.2. The van der Waals surface area contributed by atoms with Crippen LogP contribution >= 0.6 is 0 Å². The monoisotopic (exact) mass is 858 g/mol. The molecule has 1 fully saturated rings. The summed E-state index contributed by atoms with van der Waals surface area (Å²) < 4.78 is 6.20. The standard InChI is InChI=1S/C24H25N2O.C20H26NSi.Ir/c1-5-16(6-2)17-12-13-25-22(14-17)20-9-7-8-18-19-10-11-21(15(3)4)26-24(19)27-23(18)20;1-22(2,3)20-15-21-19(17-11-5-4-6-12-17)14-18(20)13-16-9-7-8-10-16;/h7-8,10-16H,5-6H2,1-4H3;4-6,11,14-16H,7-10,13H2,1-3H3;/q2*-1;. The van der Waals surface area contributed by atoms with Gasteiger partial charge in [0.15, 0.2) is 0 Å². The van der Waals surface area contributed by atoms with Crippen LogP contribution in [-0.2, 0) is 26.5 Å². The predicted molar refractivity (Wildman–Crippen MR) is 208 cm³/mol. The number of hydrogen-bond acceptors (Lipinski definition) is 4. The molecule has 4 heterocycles. The van der Waals surface area contributed by atoms with Gasteiger partial charge in [-0.1, -0.05) is 107 Å². The van der Waals surface area contributed by atoms with Crippen molar-refractivity contribution in [3.8, 4) is 22.5 Å². The van der Waals surface area contributed by atoms with E-state index in [0.29, 0.717) is 17.5 Å². The predicted octanol–water partition coefficient (Wildman–Crippen LogP) is 11.7. The van der Waals surface area contributed by atoms with Crippen LogP contribution in [0, 0.1) is 18.1 Å². The van der Waals surface area contributed by atoms with Crippen LogP contribution in [-0.4, -0.2) is 23.0 Å². The first kappa shape index (κ1) is 37.8. The number of rotatable bonds is 9. The quantitative estimate of drug-likeness (QED) is 0.107. The van der Waals surface area contributed by atoms with Crippen molar-refractivity contribution in [2.75, 3.05) is 0 Å². The van der Waals surface area contributed by atoms with Gasteiger partial charge >= 0.3 is 0 Å². The molecule has 0 saturated heterocycles. The Morgan fingerprint density at radius 1 is 0.860 bits per heavy atom. The summed E-state index contributed by atoms with van der Waals surface area (Å²) in [5.41, 5.74) is 9.43. The molecule has 6 aromatic rings. The molecule has 1 aliphatic carbocycles. The summed E-state index contributed by atoms with van der Waals surface area (Å²) in [4.78, 5) is 14.1. The Balaban J connectivity index is 0.000000195. The molecule has 7 rings (SSSR count). The number of furan rings is 1. The Bertz CT molecular complexity index is 2000. The van der Waals surface area contributed by atoms with Crippen molar-refractivity contribution in [3.63, 3.8) is 0 Å². The third-order valence-electron chi connectivity index (χ3n) is 10.2. The number of nitrogens with zero attached hydrogens (tertiary/aromatic N) is 3. The minimum Gasteiger partial charge on any atom is -0.486 e. The topological polar surface area (TPSA) is 51.8 Å². The summed E-state index contributed by atoms with van der Waals surface area (Å²) in [5.74, 6) is 1.80. The zero-order valence-corrected chi connectivity index (χ0v) is 34.2. The van der Waals surface area contributed by atoms with Crippen molar-refractivity contribution >= 4 is 35.3 Å². The van der Waals surface area contributed by atoms with Gasteiger partial charge in [0.1, 0.15) is 0 Å². The van der Waals surface area contributed by atoms with Crippen LogP contribution in [0.4, 0.5) is 0 Å². The molecule has 0 atom stereocenters. The normalized spacial score (nSPS) is 13.5. The summed E-state index contributed by atoms with van der Waals surface area (Å²) in [6.45, 7) is 16.0. The van der Waals surface area contributed by atoms with Crippen LogP contribution in [0.3, 0.4) is 0 Å². The first-order chi connectivity index (χ1) is 23.7. The molecule has 0 aliphatic heterocycles. The molecule has 4 aromatic heterocycles. The summed E-state index contributed by atoms with van der Waals surface area (Å²) in [7, 11) is -1.35. The molecule has 263 valence electrons. The average Bonchev–Trinajstić information content (AvgIpc) is 3.76. The number of aromatic nitrogens is 3. The van der Waals surface area contributed by atoms with E-state index in [1.54, 1.807) is 10.8 Å². The maximum atomic E-state index is 6.20. The van der Waals surface area contributed by atoms with Gasteiger partial charge in [0.25, 0.3) is 0 Å². The van der Waals surface area contributed by atoms with Gasteiger partial charge in [-0.3, -0.25) is 0 Å². The van der Waals surface area contributed by atoms with E-state index in [1.165, 1.54) is 37.7 Å². The molecule has 0 amide bonds. The Morgan fingerprint density at radius 3 is 2.32 bits per heavy atom. The largest absolute Gasteiger partial charge is 0.486 e. The van der Waals surface area contributed by atoms with E-state index >= 15 is 0 Å². The van der Waals surface area contributed by atoms with E-state index in [-0.39, 0.29) is 20.1 Å². The van der Waals surface area contributed by atoms with Crippen molar-refractivity contribution in [2.45, 2.75) is 104 Å². The first-order valence-electron chi connectivity index (χ1n) is 18.3. The molecule has 0 bridgehead atoms. The zero-order valence-electron chi connectivity index (χ0n) is 30.8. The van der Waals surface area contributed by atoms with E-state index in [2.05, 4.69) is 113 Å². The Morgan fingerprint density at radius 2 is 1.64 bits per heavy atom. The molecule has 0 N–H and O–H groups in total. The fourth-order valence-electron chi connectivity index (χ4n) is 7.31. The maximum Gasteiger partial charge on any atom is 0.216 e. The van der Waals surface area contributed by atoms with Gasteiger partial charge in [-0.25, -0.2) is 4.98 Å². The number of hydrogen-bond donors (Lipinski definition) is 0. The first-order valence-corrected chi connectivity index (χ1v) is 21.8. The molecule has 1 aliphatic rings. The summed E-state index contributed by atoms with van der Waals surface area (Å²) in [6.07, 6.45) is 13.2. The van der Waals surface area contributed by atoms with Gasteiger partial charge in [-0.15, -0.1) is 54.1 Å². The third kappa shape index (κ3) is 8.53. The van der Waals surface area contributed by atoms with Crippen LogP contribution in [0.5, 0.6) is 0 Å². The summed E-state index contributed by atoms with van der Waals surface area (Å²) in [6, 6.07) is 29.7. The second-order valence-electron chi connectivity index (χ2n) is 15.0. The van der Waals surface area contributed by atoms with E-state index in [0.717, 1.165) is 63.3 Å². The molecule has 50 heavy (non-hydrogen) atoms. The Labute approximate surface area is 313 Å². The van der Waals surface area contributed by atoms with Crippen LogP contribution in [0.25, 0.3) is 44.6 Å². The smallest absolute Gasteiger partial charge is 0.216 e. The number of fused-ring (bicyclic) bond motifs is 3. The van der Waals surface area contributed by atoms with E-state index in [4.69, 9.17) is 14.4 Å². The van der Waals surface area contributed by atoms with Crippen LogP contribution in [0.1, 0.15) is 94.9 Å². The molecule has 6 heteroatoms. The molecular weight excluding hydrogens is 807 g/mol. The SMILES string of the molecule is CCC(CC)c1ccnc(-c2[c-]ccc3c2oc2nc(C(C)C)ccc23)c1.C[Si](C)(C)c1cnc(-c2[c-]cccc2)cc1CC1CCCC1.[Ir]. The molecule has 2 aromatic carbocycles. The van der Waals surface area contributed by atoms with E-state index in [9.17, 15) is 0 Å². The molecule has 0 unspecified atom stereocenters. The summed E-state index contributed by atoms with van der Waals surface area (Å²) in [5, 5.41) is 3.65. The number of pyridine rings is 3. The van der Waals surface area contributed by atoms with Crippen LogP contribution in [0.15, 0.2) is 83.5 Å². The van der Waals surface area contributed by atoms with Crippen molar-refractivity contribution in [1.82, 2.24) is 15.0 Å². The van der Waals surface area contributed by atoms with Gasteiger partial charge in [-0.2, -0.15) is 0 Å². The minimum absolute atomic E-state index is 0. The molecular formula is C44H51IrN3OSi-2. The Kier molecular flexibility index (Phi) is 12.6. The van der Waals surface area contributed by atoms with Gasteiger partial charge in [0, 0.05) is 43.6 Å². The van der Waals surface area contributed by atoms with Gasteiger partial charge in [-0.05, 0) is 71.8 Å². The molecule has 4 nitrogen and oxygen atoms in total. The fourth-order valence-corrected chi connectivity index (χ4v) is 8.90. The van der Waals surface area contributed by atoms with Crippen LogP contribution in [0.2, 0.25) is 19.6 Å². The van der Waals surface area contributed by atoms with Gasteiger partial charge < -0.3 is 14.4 Å². The fraction of sp³-hybridized carbons (Fsp3) is 0.386. The summed E-state index contributed by atoms with van der Waals surface area (Å²) >= 11 is 0. The van der Waals surface area contributed by atoms with Crippen LogP contribution < -0.4 is 5.19 Å². The Hall–Kier alpha value is -3.44. The van der Waals surface area contributed by atoms with Crippen molar-refractivity contribution in [1.29, 1.82) is 0 Å². The van der Waals surface area contributed by atoms with Crippen molar-refractivity contribution in [2.24, 2.45) is 5.92 Å².